The molecule has 1 amide bonds. The van der Waals surface area contributed by atoms with Crippen molar-refractivity contribution in [3.05, 3.63) is 41.9 Å². The van der Waals surface area contributed by atoms with E-state index in [2.05, 4.69) is 50.2 Å². The Morgan fingerprint density at radius 2 is 2.04 bits per heavy atom. The first-order valence-electron chi connectivity index (χ1n) is 7.68. The van der Waals surface area contributed by atoms with Gasteiger partial charge in [0, 0.05) is 30.7 Å². The fourth-order valence-electron chi connectivity index (χ4n) is 2.57. The molecule has 0 aliphatic carbocycles. The number of rotatable bonds is 6. The van der Waals surface area contributed by atoms with Gasteiger partial charge in [0.05, 0.1) is 0 Å². The SMILES string of the molecule is CC(C)(C)CC(C)(C)N/C=C(/C#N)C(=O)NCc1cccnc1. The van der Waals surface area contributed by atoms with Gasteiger partial charge in [0.15, 0.2) is 0 Å². The van der Waals surface area contributed by atoms with Crippen LogP contribution in [0, 0.1) is 16.7 Å². The number of pyridine rings is 1. The van der Waals surface area contributed by atoms with E-state index < -0.39 is 5.91 Å². The van der Waals surface area contributed by atoms with Gasteiger partial charge in [-0.1, -0.05) is 26.8 Å². The van der Waals surface area contributed by atoms with Crippen molar-refractivity contribution in [2.24, 2.45) is 5.41 Å². The molecule has 0 saturated heterocycles. The Hall–Kier alpha value is -2.35. The third-order valence-electron chi connectivity index (χ3n) is 3.12. The highest BCUT2D eigenvalue weighted by Gasteiger charge is 2.24. The van der Waals surface area contributed by atoms with Crippen molar-refractivity contribution in [1.82, 2.24) is 15.6 Å². The van der Waals surface area contributed by atoms with E-state index >= 15 is 0 Å². The molecule has 5 heteroatoms. The summed E-state index contributed by atoms with van der Waals surface area (Å²) in [6.07, 6.45) is 5.77. The summed E-state index contributed by atoms with van der Waals surface area (Å²) >= 11 is 0. The van der Waals surface area contributed by atoms with Gasteiger partial charge >= 0.3 is 0 Å². The van der Waals surface area contributed by atoms with Crippen molar-refractivity contribution in [1.29, 1.82) is 5.26 Å². The lowest BCUT2D eigenvalue weighted by atomic mass is 9.82. The number of carbonyl (C=O) groups excluding carboxylic acids is 1. The highest BCUT2D eigenvalue weighted by molar-refractivity contribution is 5.97. The van der Waals surface area contributed by atoms with Crippen molar-refractivity contribution < 1.29 is 4.79 Å². The Morgan fingerprint density at radius 3 is 2.57 bits per heavy atom. The van der Waals surface area contributed by atoms with Crippen LogP contribution in [-0.4, -0.2) is 16.4 Å². The van der Waals surface area contributed by atoms with E-state index in [1.165, 1.54) is 6.20 Å². The van der Waals surface area contributed by atoms with Gasteiger partial charge < -0.3 is 10.6 Å². The second-order valence-electron chi connectivity index (χ2n) is 7.48. The molecule has 0 bridgehead atoms. The molecule has 124 valence electrons. The Bertz CT molecular complexity index is 592. The van der Waals surface area contributed by atoms with E-state index in [1.54, 1.807) is 18.5 Å². The van der Waals surface area contributed by atoms with Crippen LogP contribution >= 0.6 is 0 Å². The molecule has 0 aliphatic heterocycles. The zero-order chi connectivity index (χ0) is 17.5. The maximum absolute atomic E-state index is 12.1. The number of hydrogen-bond donors (Lipinski definition) is 2. The van der Waals surface area contributed by atoms with E-state index in [-0.39, 0.29) is 16.5 Å². The summed E-state index contributed by atoms with van der Waals surface area (Å²) in [5.41, 5.74) is 0.902. The normalized spacial score (nSPS) is 12.4. The second kappa shape index (κ2) is 7.77. The highest BCUT2D eigenvalue weighted by Crippen LogP contribution is 2.26. The van der Waals surface area contributed by atoms with Crippen molar-refractivity contribution in [3.63, 3.8) is 0 Å². The maximum Gasteiger partial charge on any atom is 0.263 e. The molecule has 0 radical (unpaired) electrons. The summed E-state index contributed by atoms with van der Waals surface area (Å²) in [4.78, 5) is 16.1. The monoisotopic (exact) mass is 314 g/mol. The van der Waals surface area contributed by atoms with Crippen molar-refractivity contribution in [2.75, 3.05) is 0 Å². The lowest BCUT2D eigenvalue weighted by Gasteiger charge is -2.33. The van der Waals surface area contributed by atoms with Crippen molar-refractivity contribution in [2.45, 2.75) is 53.1 Å². The van der Waals surface area contributed by atoms with E-state index in [0.29, 0.717) is 6.54 Å². The van der Waals surface area contributed by atoms with Crippen LogP contribution in [-0.2, 0) is 11.3 Å². The molecule has 1 heterocycles. The molecule has 0 unspecified atom stereocenters. The molecule has 23 heavy (non-hydrogen) atoms. The molecule has 0 spiro atoms. The summed E-state index contributed by atoms with van der Waals surface area (Å²) in [7, 11) is 0. The Kier molecular flexibility index (Phi) is 6.32. The van der Waals surface area contributed by atoms with E-state index in [4.69, 9.17) is 0 Å². The quantitative estimate of drug-likeness (QED) is 0.625. The number of hydrogen-bond acceptors (Lipinski definition) is 4. The predicted molar refractivity (Wildman–Crippen MR) is 91.1 cm³/mol. The molecule has 5 nitrogen and oxygen atoms in total. The predicted octanol–water partition coefficient (Wildman–Crippen LogP) is 2.91. The minimum Gasteiger partial charge on any atom is -0.385 e. The smallest absolute Gasteiger partial charge is 0.263 e. The van der Waals surface area contributed by atoms with Crippen LogP contribution in [0.2, 0.25) is 0 Å². The molecule has 0 saturated carbocycles. The van der Waals surface area contributed by atoms with Crippen LogP contribution in [0.1, 0.15) is 46.6 Å². The van der Waals surface area contributed by atoms with E-state index in [1.807, 2.05) is 12.1 Å². The van der Waals surface area contributed by atoms with Crippen molar-refractivity contribution >= 4 is 5.91 Å². The Labute approximate surface area is 138 Å². The van der Waals surface area contributed by atoms with Crippen LogP contribution in [0.15, 0.2) is 36.3 Å². The van der Waals surface area contributed by atoms with E-state index in [9.17, 15) is 10.1 Å². The summed E-state index contributed by atoms with van der Waals surface area (Å²) in [6.45, 7) is 10.9. The van der Waals surface area contributed by atoms with Gasteiger partial charge in [-0.05, 0) is 37.3 Å². The van der Waals surface area contributed by atoms with Crippen LogP contribution in [0.25, 0.3) is 0 Å². The van der Waals surface area contributed by atoms with Gasteiger partial charge in [0.2, 0.25) is 0 Å². The molecule has 2 N–H and O–H groups in total. The molecule has 0 aromatic carbocycles. The number of nitrogens with zero attached hydrogens (tertiary/aromatic N) is 2. The molecule has 0 aliphatic rings. The van der Waals surface area contributed by atoms with Crippen LogP contribution in [0.5, 0.6) is 0 Å². The summed E-state index contributed by atoms with van der Waals surface area (Å²) in [5.74, 6) is -0.393. The third-order valence-corrected chi connectivity index (χ3v) is 3.12. The van der Waals surface area contributed by atoms with Gasteiger partial charge in [-0.15, -0.1) is 0 Å². The van der Waals surface area contributed by atoms with Gasteiger partial charge in [-0.2, -0.15) is 5.26 Å². The molecule has 0 atom stereocenters. The third kappa shape index (κ3) is 7.46. The molecule has 1 rings (SSSR count). The maximum atomic E-state index is 12.1. The van der Waals surface area contributed by atoms with Crippen LogP contribution in [0.3, 0.4) is 0 Å². The number of aromatic nitrogens is 1. The Morgan fingerprint density at radius 1 is 1.35 bits per heavy atom. The number of nitriles is 1. The molecule has 1 aromatic heterocycles. The standard InChI is InChI=1S/C18H26N4O/c1-17(2,3)13-18(4,5)22-12-15(9-19)16(23)21-11-14-7-6-8-20-10-14/h6-8,10,12,22H,11,13H2,1-5H3,(H,21,23)/b15-12-. The average Bonchev–Trinajstić information content (AvgIpc) is 2.44. The molecule has 1 aromatic rings. The van der Waals surface area contributed by atoms with Gasteiger partial charge in [-0.3, -0.25) is 9.78 Å². The second-order valence-corrected chi connectivity index (χ2v) is 7.48. The lowest BCUT2D eigenvalue weighted by molar-refractivity contribution is -0.117. The van der Waals surface area contributed by atoms with Crippen LogP contribution < -0.4 is 10.6 Å². The number of nitrogens with one attached hydrogen (secondary N) is 2. The number of carbonyl (C=O) groups is 1. The average molecular weight is 314 g/mol. The van der Waals surface area contributed by atoms with Gasteiger partial charge in [0.1, 0.15) is 11.6 Å². The first-order valence-corrected chi connectivity index (χ1v) is 7.68. The van der Waals surface area contributed by atoms with Crippen molar-refractivity contribution in [3.8, 4) is 6.07 Å². The molecule has 0 fully saturated rings. The largest absolute Gasteiger partial charge is 0.385 e. The highest BCUT2D eigenvalue weighted by atomic mass is 16.1. The zero-order valence-electron chi connectivity index (χ0n) is 14.6. The summed E-state index contributed by atoms with van der Waals surface area (Å²) < 4.78 is 0. The number of amides is 1. The van der Waals surface area contributed by atoms with E-state index in [0.717, 1.165) is 12.0 Å². The topological polar surface area (TPSA) is 77.8 Å². The lowest BCUT2D eigenvalue weighted by Crippen LogP contribution is -2.40. The minimum atomic E-state index is -0.393. The summed E-state index contributed by atoms with van der Waals surface area (Å²) in [6, 6.07) is 5.62. The Balaban J connectivity index is 2.64. The molecular formula is C18H26N4O. The molecular weight excluding hydrogens is 288 g/mol. The fourth-order valence-corrected chi connectivity index (χ4v) is 2.57. The van der Waals surface area contributed by atoms with Crippen LogP contribution in [0.4, 0.5) is 0 Å². The van der Waals surface area contributed by atoms with Gasteiger partial charge in [0.25, 0.3) is 5.91 Å². The zero-order valence-corrected chi connectivity index (χ0v) is 14.6. The first kappa shape index (κ1) is 18.7. The van der Waals surface area contributed by atoms with Gasteiger partial charge in [-0.25, -0.2) is 0 Å². The first-order chi connectivity index (χ1) is 10.6. The fraction of sp³-hybridized carbons (Fsp3) is 0.500. The minimum absolute atomic E-state index is 0.0656. The summed E-state index contributed by atoms with van der Waals surface area (Å²) in [5, 5.41) is 15.1.